The van der Waals surface area contributed by atoms with Crippen LogP contribution in [0.5, 0.6) is 5.88 Å². The van der Waals surface area contributed by atoms with Crippen LogP contribution < -0.4 is 9.64 Å². The lowest BCUT2D eigenvalue weighted by Gasteiger charge is -2.31. The van der Waals surface area contributed by atoms with Gasteiger partial charge in [0.2, 0.25) is 5.88 Å². The highest BCUT2D eigenvalue weighted by Gasteiger charge is 2.23. The Morgan fingerprint density at radius 2 is 2.06 bits per heavy atom. The second-order valence-corrected chi connectivity index (χ2v) is 4.31. The topological polar surface area (TPSA) is 55.3 Å². The van der Waals surface area contributed by atoms with Gasteiger partial charge in [-0.05, 0) is 25.8 Å². The Hall–Kier alpha value is -1.65. The molecule has 0 amide bonds. The average Bonchev–Trinajstić information content (AvgIpc) is 2.39. The number of nitrogens with zero attached hydrogens (tertiary/aromatic N) is 3. The number of ketones is 1. The molecule has 2 rings (SSSR count). The number of aromatic nitrogens is 2. The van der Waals surface area contributed by atoms with E-state index in [9.17, 15) is 4.79 Å². The first-order chi connectivity index (χ1) is 8.20. The summed E-state index contributed by atoms with van der Waals surface area (Å²) >= 11 is 0. The Morgan fingerprint density at radius 3 is 2.53 bits per heavy atom. The minimum atomic E-state index is 0.220. The molecule has 1 fully saturated rings. The number of hydrogen-bond donors (Lipinski definition) is 0. The van der Waals surface area contributed by atoms with E-state index in [0.29, 0.717) is 11.7 Å². The van der Waals surface area contributed by atoms with Gasteiger partial charge in [0, 0.05) is 25.1 Å². The van der Waals surface area contributed by atoms with E-state index in [-0.39, 0.29) is 5.92 Å². The van der Waals surface area contributed by atoms with Gasteiger partial charge in [-0.15, -0.1) is 10.2 Å². The van der Waals surface area contributed by atoms with Gasteiger partial charge in [-0.3, -0.25) is 4.79 Å². The number of ether oxygens (including phenoxy) is 1. The highest BCUT2D eigenvalue weighted by Crippen LogP contribution is 2.22. The zero-order valence-corrected chi connectivity index (χ0v) is 10.2. The van der Waals surface area contributed by atoms with Crippen molar-refractivity contribution in [1.82, 2.24) is 10.2 Å². The molecular weight excluding hydrogens is 218 g/mol. The molecule has 5 nitrogen and oxygen atoms in total. The summed E-state index contributed by atoms with van der Waals surface area (Å²) in [5.41, 5.74) is 0. The van der Waals surface area contributed by atoms with Crippen molar-refractivity contribution in [2.75, 3.05) is 25.1 Å². The molecule has 0 unspecified atom stereocenters. The van der Waals surface area contributed by atoms with Gasteiger partial charge < -0.3 is 9.64 Å². The number of anilines is 1. The van der Waals surface area contributed by atoms with Gasteiger partial charge in [-0.1, -0.05) is 0 Å². The fraction of sp³-hybridized carbons (Fsp3) is 0.583. The summed E-state index contributed by atoms with van der Waals surface area (Å²) < 4.78 is 4.97. The Balaban J connectivity index is 1.97. The van der Waals surface area contributed by atoms with E-state index in [4.69, 9.17) is 4.74 Å². The normalized spacial score (nSPS) is 16.9. The molecule has 1 aliphatic heterocycles. The lowest BCUT2D eigenvalue weighted by molar-refractivity contribution is -0.121. The van der Waals surface area contributed by atoms with E-state index in [0.717, 1.165) is 31.7 Å². The molecule has 0 radical (unpaired) electrons. The van der Waals surface area contributed by atoms with Crippen LogP contribution in [0.4, 0.5) is 5.82 Å². The third kappa shape index (κ3) is 2.72. The van der Waals surface area contributed by atoms with Crippen LogP contribution >= 0.6 is 0 Å². The number of carbonyl (C=O) groups is 1. The van der Waals surface area contributed by atoms with Crippen molar-refractivity contribution in [3.63, 3.8) is 0 Å². The maximum Gasteiger partial charge on any atom is 0.233 e. The van der Waals surface area contributed by atoms with Gasteiger partial charge in [-0.2, -0.15) is 0 Å². The number of hydrogen-bond acceptors (Lipinski definition) is 5. The Kier molecular flexibility index (Phi) is 3.56. The summed E-state index contributed by atoms with van der Waals surface area (Å²) in [4.78, 5) is 13.4. The van der Waals surface area contributed by atoms with E-state index >= 15 is 0 Å². The van der Waals surface area contributed by atoms with Crippen LogP contribution in [0.3, 0.4) is 0 Å². The van der Waals surface area contributed by atoms with Crippen molar-refractivity contribution in [3.8, 4) is 5.88 Å². The largest absolute Gasteiger partial charge is 0.480 e. The van der Waals surface area contributed by atoms with Crippen LogP contribution in [0.25, 0.3) is 0 Å². The van der Waals surface area contributed by atoms with Crippen molar-refractivity contribution in [3.05, 3.63) is 12.1 Å². The smallest absolute Gasteiger partial charge is 0.233 e. The van der Waals surface area contributed by atoms with Crippen molar-refractivity contribution in [1.29, 1.82) is 0 Å². The lowest BCUT2D eigenvalue weighted by atomic mass is 9.93. The molecule has 1 aliphatic rings. The molecule has 5 heteroatoms. The minimum absolute atomic E-state index is 0.220. The summed E-state index contributed by atoms with van der Waals surface area (Å²) in [6, 6.07) is 3.71. The summed E-state index contributed by atoms with van der Waals surface area (Å²) in [7, 11) is 1.57. The molecule has 92 valence electrons. The van der Waals surface area contributed by atoms with Crippen LogP contribution in [-0.4, -0.2) is 36.2 Å². The molecule has 1 aromatic heterocycles. The SMILES string of the molecule is COc1ccc(N2CCC(C(C)=O)CC2)nn1. The number of methoxy groups -OCH3 is 1. The van der Waals surface area contributed by atoms with Crippen LogP contribution in [0.15, 0.2) is 12.1 Å². The van der Waals surface area contributed by atoms with E-state index in [2.05, 4.69) is 15.1 Å². The molecule has 0 bridgehead atoms. The first-order valence-corrected chi connectivity index (χ1v) is 5.84. The van der Waals surface area contributed by atoms with E-state index in [1.807, 2.05) is 6.07 Å². The van der Waals surface area contributed by atoms with Gasteiger partial charge >= 0.3 is 0 Å². The molecule has 0 saturated carbocycles. The summed E-state index contributed by atoms with van der Waals surface area (Å²) in [6.07, 6.45) is 1.81. The molecule has 0 aliphatic carbocycles. The quantitative estimate of drug-likeness (QED) is 0.790. The van der Waals surface area contributed by atoms with Crippen molar-refractivity contribution in [2.45, 2.75) is 19.8 Å². The summed E-state index contributed by atoms with van der Waals surface area (Å²) in [5, 5.41) is 8.05. The van der Waals surface area contributed by atoms with Crippen molar-refractivity contribution in [2.24, 2.45) is 5.92 Å². The molecule has 1 aromatic rings. The second kappa shape index (κ2) is 5.12. The second-order valence-electron chi connectivity index (χ2n) is 4.31. The van der Waals surface area contributed by atoms with E-state index < -0.39 is 0 Å². The number of carbonyl (C=O) groups excluding carboxylic acids is 1. The molecule has 0 spiro atoms. The molecule has 17 heavy (non-hydrogen) atoms. The van der Waals surface area contributed by atoms with Crippen molar-refractivity contribution < 1.29 is 9.53 Å². The molecule has 0 N–H and O–H groups in total. The predicted octanol–water partition coefficient (Wildman–Crippen LogP) is 1.29. The molecule has 1 saturated heterocycles. The van der Waals surface area contributed by atoms with Gasteiger partial charge in [0.05, 0.1) is 7.11 Å². The third-order valence-corrected chi connectivity index (χ3v) is 3.23. The highest BCUT2D eigenvalue weighted by molar-refractivity contribution is 5.78. The van der Waals surface area contributed by atoms with Gasteiger partial charge in [0.15, 0.2) is 5.82 Å². The fourth-order valence-electron chi connectivity index (χ4n) is 2.11. The molecule has 0 aromatic carbocycles. The molecule has 0 atom stereocenters. The van der Waals surface area contributed by atoms with Crippen molar-refractivity contribution >= 4 is 11.6 Å². The first kappa shape index (κ1) is 11.8. The highest BCUT2D eigenvalue weighted by atomic mass is 16.5. The van der Waals surface area contributed by atoms with E-state index in [1.54, 1.807) is 20.1 Å². The lowest BCUT2D eigenvalue weighted by Crippen LogP contribution is -2.36. The first-order valence-electron chi connectivity index (χ1n) is 5.84. The van der Waals surface area contributed by atoms with Crippen LogP contribution in [0.2, 0.25) is 0 Å². The Bertz CT molecular complexity index is 383. The van der Waals surface area contributed by atoms with E-state index in [1.165, 1.54) is 0 Å². The number of Topliss-reactive ketones (excluding diaryl/α,β-unsaturated/α-hetero) is 1. The third-order valence-electron chi connectivity index (χ3n) is 3.23. The van der Waals surface area contributed by atoms with Crippen LogP contribution in [-0.2, 0) is 4.79 Å². The van der Waals surface area contributed by atoms with Gasteiger partial charge in [0.1, 0.15) is 5.78 Å². The zero-order chi connectivity index (χ0) is 12.3. The number of rotatable bonds is 3. The zero-order valence-electron chi connectivity index (χ0n) is 10.2. The van der Waals surface area contributed by atoms with Gasteiger partial charge in [-0.25, -0.2) is 0 Å². The minimum Gasteiger partial charge on any atom is -0.480 e. The molecule has 2 heterocycles. The Morgan fingerprint density at radius 1 is 1.35 bits per heavy atom. The summed E-state index contributed by atoms with van der Waals surface area (Å²) in [6.45, 7) is 3.41. The van der Waals surface area contributed by atoms with Crippen LogP contribution in [0, 0.1) is 5.92 Å². The molecular formula is C12H17N3O2. The average molecular weight is 235 g/mol. The summed E-state index contributed by atoms with van der Waals surface area (Å²) in [5.74, 6) is 1.89. The predicted molar refractivity (Wildman–Crippen MR) is 64.2 cm³/mol. The van der Waals surface area contributed by atoms with Gasteiger partial charge in [0.25, 0.3) is 0 Å². The Labute approximate surface area is 101 Å². The fourth-order valence-corrected chi connectivity index (χ4v) is 2.11. The van der Waals surface area contributed by atoms with Crippen LogP contribution in [0.1, 0.15) is 19.8 Å². The number of piperidine rings is 1. The standard InChI is InChI=1S/C12H17N3O2/c1-9(16)10-5-7-15(8-6-10)11-3-4-12(17-2)14-13-11/h3-4,10H,5-8H2,1-2H3. The maximum atomic E-state index is 11.3. The monoisotopic (exact) mass is 235 g/mol. The maximum absolute atomic E-state index is 11.3.